The number of halogens is 4. The monoisotopic (exact) mass is 338 g/mol. The van der Waals surface area contributed by atoms with E-state index in [0.29, 0.717) is 30.5 Å². The number of rotatable bonds is 4. The van der Waals surface area contributed by atoms with E-state index in [-0.39, 0.29) is 12.4 Å². The highest BCUT2D eigenvalue weighted by molar-refractivity contribution is 5.85. The lowest BCUT2D eigenvalue weighted by atomic mass is 10.1. The number of nitrogens with one attached hydrogen (secondary N) is 1. The van der Waals surface area contributed by atoms with Crippen LogP contribution >= 0.6 is 12.4 Å². The number of hydrogen-bond acceptors (Lipinski definition) is 3. The fraction of sp³-hybridized carbons (Fsp3) is 0.600. The molecule has 0 unspecified atom stereocenters. The average Bonchev–Trinajstić information content (AvgIpc) is 2.40. The minimum atomic E-state index is -4.32. The van der Waals surface area contributed by atoms with Crippen LogP contribution in [0.1, 0.15) is 25.0 Å². The van der Waals surface area contributed by atoms with Gasteiger partial charge in [-0.2, -0.15) is 13.2 Å². The van der Waals surface area contributed by atoms with Crippen molar-refractivity contribution >= 4 is 12.4 Å². The summed E-state index contributed by atoms with van der Waals surface area (Å²) < 4.78 is 44.0. The first kappa shape index (κ1) is 19.1. The zero-order chi connectivity index (χ0) is 15.5. The molecule has 0 saturated carbocycles. The number of nitrogens with zero attached hydrogens (tertiary/aromatic N) is 1. The molecule has 0 radical (unpaired) electrons. The Morgan fingerprint density at radius 2 is 2.09 bits per heavy atom. The third kappa shape index (κ3) is 5.04. The summed E-state index contributed by atoms with van der Waals surface area (Å²) in [6.45, 7) is 7.32. The molecule has 1 aromatic rings. The molecule has 0 aromatic heterocycles. The Morgan fingerprint density at radius 1 is 1.36 bits per heavy atom. The van der Waals surface area contributed by atoms with E-state index in [9.17, 15) is 13.2 Å². The molecule has 1 N–H and O–H groups in total. The number of ether oxygens (including phenoxy) is 1. The molecule has 0 aliphatic carbocycles. The molecular formula is C15H22ClF3N2O. The van der Waals surface area contributed by atoms with Gasteiger partial charge in [0.1, 0.15) is 5.75 Å². The van der Waals surface area contributed by atoms with Gasteiger partial charge < -0.3 is 10.1 Å². The molecule has 1 heterocycles. The molecule has 1 aliphatic heterocycles. The average molecular weight is 339 g/mol. The van der Waals surface area contributed by atoms with Crippen LogP contribution in [0.5, 0.6) is 5.75 Å². The highest BCUT2D eigenvalue weighted by Gasteiger charge is 2.31. The number of hydrogen-bond donors (Lipinski definition) is 1. The Hall–Kier alpha value is -0.980. The first-order valence-corrected chi connectivity index (χ1v) is 7.18. The fourth-order valence-electron chi connectivity index (χ4n) is 2.57. The van der Waals surface area contributed by atoms with Gasteiger partial charge in [0.25, 0.3) is 0 Å². The summed E-state index contributed by atoms with van der Waals surface area (Å²) in [7, 11) is 0. The summed E-state index contributed by atoms with van der Waals surface area (Å²) in [6, 6.07) is 4.06. The van der Waals surface area contributed by atoms with Gasteiger partial charge in [-0.15, -0.1) is 12.4 Å². The summed E-state index contributed by atoms with van der Waals surface area (Å²) >= 11 is 0. The zero-order valence-electron chi connectivity index (χ0n) is 12.7. The molecule has 0 amide bonds. The number of piperazine rings is 1. The van der Waals surface area contributed by atoms with Gasteiger partial charge in [0.05, 0.1) is 12.2 Å². The highest BCUT2D eigenvalue weighted by Crippen LogP contribution is 2.33. The molecule has 0 spiro atoms. The van der Waals surface area contributed by atoms with Crippen LogP contribution in [-0.2, 0) is 12.7 Å². The van der Waals surface area contributed by atoms with Gasteiger partial charge in [-0.05, 0) is 32.0 Å². The topological polar surface area (TPSA) is 24.5 Å². The van der Waals surface area contributed by atoms with Gasteiger partial charge >= 0.3 is 6.18 Å². The minimum Gasteiger partial charge on any atom is -0.494 e. The Morgan fingerprint density at radius 3 is 2.68 bits per heavy atom. The predicted octanol–water partition coefficient (Wildman–Crippen LogP) is 3.32. The molecule has 1 aromatic carbocycles. The molecule has 0 bridgehead atoms. The minimum absolute atomic E-state index is 0. The molecule has 2 rings (SSSR count). The van der Waals surface area contributed by atoms with Crippen LogP contribution in [0.25, 0.3) is 0 Å². The summed E-state index contributed by atoms with van der Waals surface area (Å²) in [4.78, 5) is 2.15. The van der Waals surface area contributed by atoms with Crippen LogP contribution in [0.4, 0.5) is 13.2 Å². The Kier molecular flexibility index (Phi) is 6.97. The molecule has 1 saturated heterocycles. The van der Waals surface area contributed by atoms with Crippen molar-refractivity contribution in [3.05, 3.63) is 29.3 Å². The van der Waals surface area contributed by atoms with E-state index in [0.717, 1.165) is 25.7 Å². The SMILES string of the molecule is CCOc1ccc(C(F)(F)F)cc1CN1CCN[C@H](C)C1.Cl. The maximum Gasteiger partial charge on any atom is 0.416 e. The summed E-state index contributed by atoms with van der Waals surface area (Å²) in [5.41, 5.74) is -0.0232. The van der Waals surface area contributed by atoms with E-state index in [2.05, 4.69) is 17.1 Å². The van der Waals surface area contributed by atoms with E-state index >= 15 is 0 Å². The van der Waals surface area contributed by atoms with E-state index in [1.165, 1.54) is 12.1 Å². The fourth-order valence-corrected chi connectivity index (χ4v) is 2.57. The second-order valence-corrected chi connectivity index (χ2v) is 5.34. The van der Waals surface area contributed by atoms with Crippen molar-refractivity contribution in [2.45, 2.75) is 32.6 Å². The highest BCUT2D eigenvalue weighted by atomic mass is 35.5. The second kappa shape index (κ2) is 8.04. The quantitative estimate of drug-likeness (QED) is 0.911. The molecule has 22 heavy (non-hydrogen) atoms. The Balaban J connectivity index is 0.00000242. The number of benzene rings is 1. The molecule has 7 heteroatoms. The van der Waals surface area contributed by atoms with E-state index in [4.69, 9.17) is 4.74 Å². The van der Waals surface area contributed by atoms with Crippen LogP contribution in [0, 0.1) is 0 Å². The van der Waals surface area contributed by atoms with Crippen molar-refractivity contribution in [1.82, 2.24) is 10.2 Å². The van der Waals surface area contributed by atoms with Crippen LogP contribution in [0.15, 0.2) is 18.2 Å². The van der Waals surface area contributed by atoms with Gasteiger partial charge in [-0.1, -0.05) is 0 Å². The molecular weight excluding hydrogens is 317 g/mol. The largest absolute Gasteiger partial charge is 0.494 e. The van der Waals surface area contributed by atoms with Crippen LogP contribution in [0.3, 0.4) is 0 Å². The third-order valence-electron chi connectivity index (χ3n) is 3.53. The Bertz CT molecular complexity index is 482. The standard InChI is InChI=1S/C15H21F3N2O.ClH/c1-3-21-14-5-4-13(15(16,17)18)8-12(14)10-20-7-6-19-11(2)9-20;/h4-5,8,11,19H,3,6-7,9-10H2,1-2H3;1H/t11-;/m1./s1. The predicted molar refractivity (Wildman–Crippen MR) is 82.6 cm³/mol. The van der Waals surface area contributed by atoms with Gasteiger partial charge in [-0.3, -0.25) is 4.90 Å². The van der Waals surface area contributed by atoms with E-state index < -0.39 is 11.7 Å². The van der Waals surface area contributed by atoms with Gasteiger partial charge in [0.2, 0.25) is 0 Å². The third-order valence-corrected chi connectivity index (χ3v) is 3.53. The molecule has 3 nitrogen and oxygen atoms in total. The van der Waals surface area contributed by atoms with Crippen LogP contribution in [0.2, 0.25) is 0 Å². The lowest BCUT2D eigenvalue weighted by Gasteiger charge is -2.32. The zero-order valence-corrected chi connectivity index (χ0v) is 13.6. The smallest absolute Gasteiger partial charge is 0.416 e. The summed E-state index contributed by atoms with van der Waals surface area (Å²) in [5, 5.41) is 3.32. The van der Waals surface area contributed by atoms with Crippen LogP contribution in [-0.4, -0.2) is 37.2 Å². The summed E-state index contributed by atoms with van der Waals surface area (Å²) in [6.07, 6.45) is -4.32. The molecule has 126 valence electrons. The number of alkyl halides is 3. The lowest BCUT2D eigenvalue weighted by molar-refractivity contribution is -0.137. The lowest BCUT2D eigenvalue weighted by Crippen LogP contribution is -2.48. The second-order valence-electron chi connectivity index (χ2n) is 5.34. The summed E-state index contributed by atoms with van der Waals surface area (Å²) in [5.74, 6) is 0.539. The van der Waals surface area contributed by atoms with Gasteiger partial charge in [0, 0.05) is 37.8 Å². The maximum atomic E-state index is 12.9. The molecule has 1 atom stereocenters. The van der Waals surface area contributed by atoms with Crippen molar-refractivity contribution in [3.63, 3.8) is 0 Å². The van der Waals surface area contributed by atoms with Crippen molar-refractivity contribution in [2.75, 3.05) is 26.2 Å². The van der Waals surface area contributed by atoms with E-state index in [1.807, 2.05) is 6.92 Å². The van der Waals surface area contributed by atoms with Crippen molar-refractivity contribution in [2.24, 2.45) is 0 Å². The molecule has 1 fully saturated rings. The van der Waals surface area contributed by atoms with Gasteiger partial charge in [-0.25, -0.2) is 0 Å². The maximum absolute atomic E-state index is 12.9. The molecule has 1 aliphatic rings. The van der Waals surface area contributed by atoms with Crippen molar-refractivity contribution in [3.8, 4) is 5.75 Å². The van der Waals surface area contributed by atoms with Crippen molar-refractivity contribution < 1.29 is 17.9 Å². The van der Waals surface area contributed by atoms with Crippen molar-refractivity contribution in [1.29, 1.82) is 0 Å². The normalized spacial score (nSPS) is 19.6. The van der Waals surface area contributed by atoms with Crippen LogP contribution < -0.4 is 10.1 Å². The first-order chi connectivity index (χ1) is 9.90. The van der Waals surface area contributed by atoms with Gasteiger partial charge in [0.15, 0.2) is 0 Å². The Labute approximate surface area is 135 Å². The first-order valence-electron chi connectivity index (χ1n) is 7.18. The van der Waals surface area contributed by atoms with E-state index in [1.54, 1.807) is 0 Å².